The van der Waals surface area contributed by atoms with Gasteiger partial charge in [0.1, 0.15) is 0 Å². The second-order valence-corrected chi connectivity index (χ2v) is 4.87. The Labute approximate surface area is 113 Å². The fraction of sp³-hybridized carbons (Fsp3) is 0.467. The molecular formula is C15H20N2O2. The molecule has 4 nitrogen and oxygen atoms in total. The summed E-state index contributed by atoms with van der Waals surface area (Å²) in [7, 11) is 0. The van der Waals surface area contributed by atoms with E-state index in [1.54, 1.807) is 12.1 Å². The molecule has 1 aromatic carbocycles. The van der Waals surface area contributed by atoms with Crippen molar-refractivity contribution in [2.75, 3.05) is 13.1 Å². The third-order valence-corrected chi connectivity index (χ3v) is 3.45. The van der Waals surface area contributed by atoms with Gasteiger partial charge in [0.05, 0.1) is 0 Å². The van der Waals surface area contributed by atoms with Gasteiger partial charge in [-0.3, -0.25) is 9.59 Å². The van der Waals surface area contributed by atoms with Gasteiger partial charge >= 0.3 is 0 Å². The van der Waals surface area contributed by atoms with Gasteiger partial charge in [-0.25, -0.2) is 0 Å². The number of nitrogens with zero attached hydrogens (tertiary/aromatic N) is 1. The topological polar surface area (TPSA) is 49.4 Å². The molecule has 1 aliphatic rings. The average molecular weight is 260 g/mol. The van der Waals surface area contributed by atoms with Gasteiger partial charge in [0, 0.05) is 31.1 Å². The SMILES string of the molecule is CCC(=O)N1CCCC(NC(=O)c2ccccc2)C1. The highest BCUT2D eigenvalue weighted by atomic mass is 16.2. The monoisotopic (exact) mass is 260 g/mol. The predicted molar refractivity (Wildman–Crippen MR) is 73.8 cm³/mol. The zero-order valence-electron chi connectivity index (χ0n) is 11.3. The summed E-state index contributed by atoms with van der Waals surface area (Å²) in [5, 5.41) is 3.01. The summed E-state index contributed by atoms with van der Waals surface area (Å²) in [5.41, 5.74) is 0.668. The number of likely N-dealkylation sites (tertiary alicyclic amines) is 1. The summed E-state index contributed by atoms with van der Waals surface area (Å²) in [6, 6.07) is 9.25. The minimum absolute atomic E-state index is 0.0589. The molecule has 1 aromatic rings. The lowest BCUT2D eigenvalue weighted by Crippen LogP contribution is -2.49. The van der Waals surface area contributed by atoms with Crippen molar-refractivity contribution in [1.29, 1.82) is 0 Å². The van der Waals surface area contributed by atoms with Crippen molar-refractivity contribution < 1.29 is 9.59 Å². The lowest BCUT2D eigenvalue weighted by molar-refractivity contribution is -0.132. The second-order valence-electron chi connectivity index (χ2n) is 4.87. The molecule has 1 unspecified atom stereocenters. The van der Waals surface area contributed by atoms with Gasteiger partial charge in [-0.15, -0.1) is 0 Å². The molecule has 0 aliphatic carbocycles. The molecule has 1 fully saturated rings. The highest BCUT2D eigenvalue weighted by Gasteiger charge is 2.23. The van der Waals surface area contributed by atoms with E-state index in [2.05, 4.69) is 5.32 Å². The molecule has 0 bridgehead atoms. The van der Waals surface area contributed by atoms with Gasteiger partial charge < -0.3 is 10.2 Å². The van der Waals surface area contributed by atoms with Crippen LogP contribution in [0.2, 0.25) is 0 Å². The zero-order chi connectivity index (χ0) is 13.7. The lowest BCUT2D eigenvalue weighted by atomic mass is 10.0. The number of carbonyl (C=O) groups excluding carboxylic acids is 2. The highest BCUT2D eigenvalue weighted by Crippen LogP contribution is 2.12. The molecule has 19 heavy (non-hydrogen) atoms. The van der Waals surface area contributed by atoms with Crippen LogP contribution in [0.5, 0.6) is 0 Å². The summed E-state index contributed by atoms with van der Waals surface area (Å²) in [6.07, 6.45) is 2.41. The van der Waals surface area contributed by atoms with Crippen LogP contribution >= 0.6 is 0 Å². The number of carbonyl (C=O) groups is 2. The number of amides is 2. The molecule has 102 valence electrons. The quantitative estimate of drug-likeness (QED) is 0.901. The third kappa shape index (κ3) is 3.56. The van der Waals surface area contributed by atoms with Crippen molar-refractivity contribution in [1.82, 2.24) is 10.2 Å². The van der Waals surface area contributed by atoms with Crippen LogP contribution in [0.3, 0.4) is 0 Å². The molecule has 0 aromatic heterocycles. The lowest BCUT2D eigenvalue weighted by Gasteiger charge is -2.33. The number of benzene rings is 1. The normalized spacial score (nSPS) is 19.0. The first kappa shape index (κ1) is 13.6. The van der Waals surface area contributed by atoms with Gasteiger partial charge in [0.15, 0.2) is 0 Å². The molecule has 0 spiro atoms. The van der Waals surface area contributed by atoms with E-state index in [1.807, 2.05) is 30.0 Å². The van der Waals surface area contributed by atoms with E-state index in [4.69, 9.17) is 0 Å². The van der Waals surface area contributed by atoms with E-state index in [0.29, 0.717) is 18.5 Å². The van der Waals surface area contributed by atoms with Gasteiger partial charge in [0.2, 0.25) is 5.91 Å². The Balaban J connectivity index is 1.92. The Bertz CT molecular complexity index is 445. The highest BCUT2D eigenvalue weighted by molar-refractivity contribution is 5.94. The number of hydrogen-bond donors (Lipinski definition) is 1. The van der Waals surface area contributed by atoms with E-state index in [-0.39, 0.29) is 17.9 Å². The molecule has 1 aliphatic heterocycles. The number of rotatable bonds is 3. The maximum Gasteiger partial charge on any atom is 0.251 e. The van der Waals surface area contributed by atoms with Crippen LogP contribution in [0.4, 0.5) is 0 Å². The van der Waals surface area contributed by atoms with Gasteiger partial charge in [-0.05, 0) is 25.0 Å². The van der Waals surface area contributed by atoms with Gasteiger partial charge in [-0.1, -0.05) is 25.1 Å². The molecule has 4 heteroatoms. The molecule has 2 rings (SSSR count). The molecule has 1 atom stereocenters. The van der Waals surface area contributed by atoms with Crippen molar-refractivity contribution in [3.05, 3.63) is 35.9 Å². The predicted octanol–water partition coefficient (Wildman–Crippen LogP) is 1.82. The minimum atomic E-state index is -0.0589. The third-order valence-electron chi connectivity index (χ3n) is 3.45. The molecule has 1 saturated heterocycles. The van der Waals surface area contributed by atoms with Crippen molar-refractivity contribution >= 4 is 11.8 Å². The molecule has 0 saturated carbocycles. The molecule has 0 radical (unpaired) electrons. The molecule has 1 N–H and O–H groups in total. The van der Waals surface area contributed by atoms with Crippen LogP contribution < -0.4 is 5.32 Å². The number of nitrogens with one attached hydrogen (secondary N) is 1. The maximum absolute atomic E-state index is 12.0. The van der Waals surface area contributed by atoms with Gasteiger partial charge in [-0.2, -0.15) is 0 Å². The minimum Gasteiger partial charge on any atom is -0.348 e. The Morgan fingerprint density at radius 3 is 2.74 bits per heavy atom. The van der Waals surface area contributed by atoms with Crippen LogP contribution in [0.25, 0.3) is 0 Å². The van der Waals surface area contributed by atoms with Crippen LogP contribution in [0, 0.1) is 0 Å². The summed E-state index contributed by atoms with van der Waals surface area (Å²) >= 11 is 0. The van der Waals surface area contributed by atoms with E-state index in [9.17, 15) is 9.59 Å². The first-order chi connectivity index (χ1) is 9.20. The first-order valence-electron chi connectivity index (χ1n) is 6.84. The maximum atomic E-state index is 12.0. The fourth-order valence-electron chi connectivity index (χ4n) is 2.40. The smallest absolute Gasteiger partial charge is 0.251 e. The molecule has 1 heterocycles. The molecule has 2 amide bonds. The average Bonchev–Trinajstić information content (AvgIpc) is 2.47. The zero-order valence-corrected chi connectivity index (χ0v) is 11.3. The van der Waals surface area contributed by atoms with Crippen molar-refractivity contribution in [2.24, 2.45) is 0 Å². The standard InChI is InChI=1S/C15H20N2O2/c1-2-14(18)17-10-6-9-13(11-17)16-15(19)12-7-4-3-5-8-12/h3-5,7-8,13H,2,6,9-11H2,1H3,(H,16,19). The van der Waals surface area contributed by atoms with Crippen LogP contribution in [0.1, 0.15) is 36.5 Å². The summed E-state index contributed by atoms with van der Waals surface area (Å²) in [5.74, 6) is 0.107. The number of piperidine rings is 1. The first-order valence-corrected chi connectivity index (χ1v) is 6.84. The van der Waals surface area contributed by atoms with Gasteiger partial charge in [0.25, 0.3) is 5.91 Å². The Kier molecular flexibility index (Phi) is 4.55. The van der Waals surface area contributed by atoms with E-state index < -0.39 is 0 Å². The molecular weight excluding hydrogens is 240 g/mol. The van der Waals surface area contributed by atoms with E-state index >= 15 is 0 Å². The largest absolute Gasteiger partial charge is 0.348 e. The Morgan fingerprint density at radius 2 is 2.05 bits per heavy atom. The Morgan fingerprint density at radius 1 is 1.32 bits per heavy atom. The summed E-state index contributed by atoms with van der Waals surface area (Å²) in [6.45, 7) is 3.31. The van der Waals surface area contributed by atoms with E-state index in [1.165, 1.54) is 0 Å². The van der Waals surface area contributed by atoms with Crippen LogP contribution in [0.15, 0.2) is 30.3 Å². The van der Waals surface area contributed by atoms with Crippen molar-refractivity contribution in [2.45, 2.75) is 32.2 Å². The Hall–Kier alpha value is -1.84. The van der Waals surface area contributed by atoms with Crippen LogP contribution in [-0.2, 0) is 4.79 Å². The fourth-order valence-corrected chi connectivity index (χ4v) is 2.40. The van der Waals surface area contributed by atoms with Crippen molar-refractivity contribution in [3.63, 3.8) is 0 Å². The second kappa shape index (κ2) is 6.36. The van der Waals surface area contributed by atoms with Crippen molar-refractivity contribution in [3.8, 4) is 0 Å². The van der Waals surface area contributed by atoms with E-state index in [0.717, 1.165) is 19.4 Å². The summed E-state index contributed by atoms with van der Waals surface area (Å²) in [4.78, 5) is 25.6. The van der Waals surface area contributed by atoms with Crippen LogP contribution in [-0.4, -0.2) is 35.8 Å². The summed E-state index contributed by atoms with van der Waals surface area (Å²) < 4.78 is 0. The number of hydrogen-bond acceptors (Lipinski definition) is 2.